The Hall–Kier alpha value is -2.65. The molecule has 2 aliphatic rings. The number of carbonyl (C=O) groups excluding carboxylic acids is 5. The van der Waals surface area contributed by atoms with E-state index >= 15 is 0 Å². The number of rotatable bonds is 5. The van der Waals surface area contributed by atoms with Crippen molar-refractivity contribution >= 4 is 29.7 Å². The van der Waals surface area contributed by atoms with Gasteiger partial charge in [0.2, 0.25) is 17.7 Å². The first-order valence-electron chi connectivity index (χ1n) is 10.6. The molecular weight excluding hydrogens is 406 g/mol. The van der Waals surface area contributed by atoms with Crippen molar-refractivity contribution in [1.82, 2.24) is 15.1 Å². The summed E-state index contributed by atoms with van der Waals surface area (Å²) in [4.78, 5) is 60.5. The molecule has 0 saturated carbocycles. The number of hydrogen-bond donors (Lipinski definition) is 1. The van der Waals surface area contributed by atoms with Gasteiger partial charge in [0.15, 0.2) is 0 Å². The highest BCUT2D eigenvalue weighted by Crippen LogP contribution is 2.21. The van der Waals surface area contributed by atoms with E-state index in [1.165, 1.54) is 26.0 Å². The van der Waals surface area contributed by atoms with Gasteiger partial charge in [-0.1, -0.05) is 13.8 Å². The van der Waals surface area contributed by atoms with Crippen molar-refractivity contribution in [3.8, 4) is 0 Å². The molecule has 0 spiro atoms. The summed E-state index contributed by atoms with van der Waals surface area (Å²) in [6.45, 7) is 7.85. The predicted molar refractivity (Wildman–Crippen MR) is 112 cm³/mol. The molecule has 31 heavy (non-hydrogen) atoms. The van der Waals surface area contributed by atoms with Crippen LogP contribution in [0.3, 0.4) is 0 Å². The summed E-state index contributed by atoms with van der Waals surface area (Å²) < 4.78 is 9.32. The van der Waals surface area contributed by atoms with Crippen LogP contribution in [0.15, 0.2) is 0 Å². The third kappa shape index (κ3) is 7.22. The maximum atomic E-state index is 12.0. The number of hydrogen-bond acceptors (Lipinski definition) is 7. The summed E-state index contributed by atoms with van der Waals surface area (Å²) in [7, 11) is 2.67. The van der Waals surface area contributed by atoms with Gasteiger partial charge in [-0.15, -0.1) is 0 Å². The second-order valence-corrected chi connectivity index (χ2v) is 8.00. The first kappa shape index (κ1) is 26.4. The monoisotopic (exact) mass is 441 g/mol. The number of amides is 3. The van der Waals surface area contributed by atoms with Crippen LogP contribution >= 0.6 is 0 Å². The first-order valence-corrected chi connectivity index (χ1v) is 10.6. The van der Waals surface area contributed by atoms with Crippen molar-refractivity contribution in [3.63, 3.8) is 0 Å². The minimum absolute atomic E-state index is 0.0397. The second kappa shape index (κ2) is 12.3. The maximum Gasteiger partial charge on any atom is 0.328 e. The van der Waals surface area contributed by atoms with Gasteiger partial charge in [0, 0.05) is 25.9 Å². The van der Waals surface area contributed by atoms with E-state index < -0.39 is 18.1 Å². The molecule has 0 aliphatic carbocycles. The van der Waals surface area contributed by atoms with Crippen molar-refractivity contribution in [3.05, 3.63) is 0 Å². The maximum absolute atomic E-state index is 12.0. The summed E-state index contributed by atoms with van der Waals surface area (Å²) in [6.07, 6.45) is 3.01. The highest BCUT2D eigenvalue weighted by molar-refractivity contribution is 5.90. The van der Waals surface area contributed by atoms with Gasteiger partial charge in [0.25, 0.3) is 0 Å². The molecule has 0 aromatic rings. The molecule has 2 fully saturated rings. The van der Waals surface area contributed by atoms with Gasteiger partial charge < -0.3 is 24.6 Å². The third-order valence-electron chi connectivity index (χ3n) is 5.30. The van der Waals surface area contributed by atoms with E-state index in [0.717, 1.165) is 19.3 Å². The zero-order valence-electron chi connectivity index (χ0n) is 19.3. The number of ether oxygens (including phenoxy) is 2. The van der Waals surface area contributed by atoms with Gasteiger partial charge >= 0.3 is 11.9 Å². The fourth-order valence-electron chi connectivity index (χ4n) is 3.77. The van der Waals surface area contributed by atoms with E-state index in [9.17, 15) is 24.0 Å². The van der Waals surface area contributed by atoms with Gasteiger partial charge in [-0.2, -0.15) is 0 Å². The van der Waals surface area contributed by atoms with E-state index in [1.807, 2.05) is 13.8 Å². The van der Waals surface area contributed by atoms with Crippen LogP contribution in [0, 0.1) is 5.92 Å². The first-order chi connectivity index (χ1) is 14.5. The SMILES string of the molecule is COC(=O)[C@@H]1CCCN1C(=O)C(C)C.COC(=O)[C@@H]1CCCN1C(=O)[C@H](C)NC(C)=O. The fraction of sp³-hybridized carbons (Fsp3) is 0.762. The van der Waals surface area contributed by atoms with Crippen molar-refractivity contribution in [2.45, 2.75) is 71.5 Å². The highest BCUT2D eigenvalue weighted by atomic mass is 16.5. The minimum Gasteiger partial charge on any atom is -0.467 e. The average molecular weight is 442 g/mol. The lowest BCUT2D eigenvalue weighted by Gasteiger charge is -2.25. The summed E-state index contributed by atoms with van der Waals surface area (Å²) in [5.41, 5.74) is 0. The number of esters is 2. The molecule has 0 aromatic carbocycles. The summed E-state index contributed by atoms with van der Waals surface area (Å²) in [6, 6.07) is -1.48. The van der Waals surface area contributed by atoms with Gasteiger partial charge in [0.1, 0.15) is 18.1 Å². The molecule has 2 rings (SSSR count). The van der Waals surface area contributed by atoms with Crippen LogP contribution in [0.1, 0.15) is 53.4 Å². The van der Waals surface area contributed by atoms with E-state index in [-0.39, 0.29) is 35.7 Å². The average Bonchev–Trinajstić information content (AvgIpc) is 3.41. The lowest BCUT2D eigenvalue weighted by molar-refractivity contribution is -0.152. The van der Waals surface area contributed by atoms with Crippen LogP contribution in [-0.4, -0.2) is 84.9 Å². The van der Waals surface area contributed by atoms with Crippen molar-refractivity contribution in [2.24, 2.45) is 5.92 Å². The molecule has 10 nitrogen and oxygen atoms in total. The Morgan fingerprint density at radius 3 is 1.58 bits per heavy atom. The van der Waals surface area contributed by atoms with E-state index in [1.54, 1.807) is 11.8 Å². The molecule has 1 N–H and O–H groups in total. The second-order valence-electron chi connectivity index (χ2n) is 8.00. The standard InChI is InChI=1S/C11H18N2O4.C10H17NO3/c1-7(12-8(2)14)10(15)13-6-4-5-9(13)11(16)17-3;1-7(2)9(12)11-6-4-5-8(11)10(13)14-3/h7,9H,4-6H2,1-3H3,(H,12,14);7-8H,4-6H2,1-3H3/t7-,9-;8-/m00/s1. The zero-order chi connectivity index (χ0) is 23.7. The quantitative estimate of drug-likeness (QED) is 0.616. The smallest absolute Gasteiger partial charge is 0.328 e. The molecule has 0 unspecified atom stereocenters. The van der Waals surface area contributed by atoms with Crippen LogP contribution in [-0.2, 0) is 33.4 Å². The molecule has 0 radical (unpaired) electrons. The normalized spacial score (nSPS) is 21.1. The molecule has 176 valence electrons. The van der Waals surface area contributed by atoms with Crippen LogP contribution in [0.2, 0.25) is 0 Å². The lowest BCUT2D eigenvalue weighted by atomic mass is 10.1. The minimum atomic E-state index is -0.613. The number of methoxy groups -OCH3 is 2. The van der Waals surface area contributed by atoms with Gasteiger partial charge in [-0.3, -0.25) is 14.4 Å². The van der Waals surface area contributed by atoms with Crippen LogP contribution in [0.5, 0.6) is 0 Å². The Labute approximate surface area is 183 Å². The summed E-state index contributed by atoms with van der Waals surface area (Å²) in [5.74, 6) is -1.21. The van der Waals surface area contributed by atoms with Crippen LogP contribution in [0.25, 0.3) is 0 Å². The Morgan fingerprint density at radius 2 is 1.23 bits per heavy atom. The Morgan fingerprint density at radius 1 is 0.806 bits per heavy atom. The molecule has 2 aliphatic heterocycles. The Bertz CT molecular complexity index is 680. The molecule has 10 heteroatoms. The lowest BCUT2D eigenvalue weighted by Crippen LogP contribution is -2.50. The molecular formula is C21H35N3O7. The number of nitrogens with zero attached hydrogens (tertiary/aromatic N) is 2. The van der Waals surface area contributed by atoms with Gasteiger partial charge in [-0.05, 0) is 32.6 Å². The Balaban J connectivity index is 0.000000316. The topological polar surface area (TPSA) is 122 Å². The summed E-state index contributed by atoms with van der Waals surface area (Å²) >= 11 is 0. The van der Waals surface area contributed by atoms with Gasteiger partial charge in [-0.25, -0.2) is 9.59 Å². The molecule has 3 amide bonds. The van der Waals surface area contributed by atoms with Gasteiger partial charge in [0.05, 0.1) is 14.2 Å². The number of nitrogens with one attached hydrogen (secondary N) is 1. The third-order valence-corrected chi connectivity index (χ3v) is 5.30. The number of carbonyl (C=O) groups is 5. The highest BCUT2D eigenvalue weighted by Gasteiger charge is 2.37. The molecule has 2 heterocycles. The predicted octanol–water partition coefficient (Wildman–Crippen LogP) is 0.481. The van der Waals surface area contributed by atoms with Crippen molar-refractivity contribution in [2.75, 3.05) is 27.3 Å². The van der Waals surface area contributed by atoms with E-state index in [4.69, 9.17) is 0 Å². The van der Waals surface area contributed by atoms with Crippen LogP contribution < -0.4 is 5.32 Å². The van der Waals surface area contributed by atoms with E-state index in [0.29, 0.717) is 19.5 Å². The zero-order valence-corrected chi connectivity index (χ0v) is 19.3. The summed E-state index contributed by atoms with van der Waals surface area (Å²) in [5, 5.41) is 2.51. The Kier molecular flexibility index (Phi) is 10.4. The van der Waals surface area contributed by atoms with Crippen LogP contribution in [0.4, 0.5) is 0 Å². The molecule has 0 aromatic heterocycles. The van der Waals surface area contributed by atoms with Crippen molar-refractivity contribution in [1.29, 1.82) is 0 Å². The molecule has 3 atom stereocenters. The van der Waals surface area contributed by atoms with E-state index in [2.05, 4.69) is 14.8 Å². The van der Waals surface area contributed by atoms with Crippen molar-refractivity contribution < 1.29 is 33.4 Å². The fourth-order valence-corrected chi connectivity index (χ4v) is 3.77. The number of likely N-dealkylation sites (tertiary alicyclic amines) is 2. The largest absolute Gasteiger partial charge is 0.467 e. The molecule has 0 bridgehead atoms. The molecule has 2 saturated heterocycles.